The Labute approximate surface area is 102 Å². The lowest BCUT2D eigenvalue weighted by Gasteiger charge is -2.31. The maximum absolute atomic E-state index is 3.85. The van der Waals surface area contributed by atoms with Crippen LogP contribution in [0, 0.1) is 5.41 Å². The molecule has 16 heavy (non-hydrogen) atoms. The highest BCUT2D eigenvalue weighted by molar-refractivity contribution is 4.91. The Hall–Kier alpha value is -0.0400. The Balaban J connectivity index is 2.16. The van der Waals surface area contributed by atoms with Crippen molar-refractivity contribution in [2.24, 2.45) is 5.41 Å². The molecule has 1 aliphatic carbocycles. The molecule has 96 valence electrons. The average Bonchev–Trinajstić information content (AvgIpc) is 2.53. The topological polar surface area (TPSA) is 12.0 Å². The van der Waals surface area contributed by atoms with Crippen molar-refractivity contribution in [2.75, 3.05) is 0 Å². The first-order chi connectivity index (χ1) is 7.56. The molecule has 1 nitrogen and oxygen atoms in total. The van der Waals surface area contributed by atoms with Gasteiger partial charge in [0.25, 0.3) is 0 Å². The summed E-state index contributed by atoms with van der Waals surface area (Å²) in [6, 6.07) is 1.47. The molecule has 2 unspecified atom stereocenters. The number of hydrogen-bond donors (Lipinski definition) is 1. The Morgan fingerprint density at radius 2 is 2.00 bits per heavy atom. The molecule has 2 atom stereocenters. The zero-order valence-electron chi connectivity index (χ0n) is 11.8. The molecule has 0 amide bonds. The van der Waals surface area contributed by atoms with Gasteiger partial charge in [-0.15, -0.1) is 0 Å². The second-order valence-electron chi connectivity index (χ2n) is 6.35. The Kier molecular flexibility index (Phi) is 5.82. The maximum atomic E-state index is 3.85. The molecule has 1 heteroatoms. The van der Waals surface area contributed by atoms with E-state index in [0.717, 1.165) is 6.04 Å². The van der Waals surface area contributed by atoms with E-state index < -0.39 is 0 Å². The summed E-state index contributed by atoms with van der Waals surface area (Å²) >= 11 is 0. The van der Waals surface area contributed by atoms with Crippen molar-refractivity contribution >= 4 is 0 Å². The van der Waals surface area contributed by atoms with E-state index in [1.165, 1.54) is 51.4 Å². The monoisotopic (exact) mass is 225 g/mol. The highest BCUT2D eigenvalue weighted by atomic mass is 15.0. The molecule has 0 bridgehead atoms. The zero-order valence-corrected chi connectivity index (χ0v) is 11.8. The zero-order chi connectivity index (χ0) is 12.0. The van der Waals surface area contributed by atoms with Crippen LogP contribution in [-0.2, 0) is 0 Å². The van der Waals surface area contributed by atoms with E-state index >= 15 is 0 Å². The van der Waals surface area contributed by atoms with Gasteiger partial charge in [-0.1, -0.05) is 52.9 Å². The van der Waals surface area contributed by atoms with Gasteiger partial charge in [0, 0.05) is 12.1 Å². The summed E-state index contributed by atoms with van der Waals surface area (Å²) in [6.07, 6.45) is 11.1. The summed E-state index contributed by atoms with van der Waals surface area (Å²) in [5, 5.41) is 3.85. The Morgan fingerprint density at radius 3 is 2.56 bits per heavy atom. The fourth-order valence-electron chi connectivity index (χ4n) is 2.94. The van der Waals surface area contributed by atoms with Crippen molar-refractivity contribution in [2.45, 2.75) is 91.1 Å². The molecule has 1 rings (SSSR count). The largest absolute Gasteiger partial charge is 0.311 e. The molecule has 0 aromatic heterocycles. The first-order valence-electron chi connectivity index (χ1n) is 7.32. The normalized spacial score (nSPS) is 25.9. The summed E-state index contributed by atoms with van der Waals surface area (Å²) < 4.78 is 0. The fraction of sp³-hybridized carbons (Fsp3) is 1.00. The fourth-order valence-corrected chi connectivity index (χ4v) is 2.94. The van der Waals surface area contributed by atoms with Crippen LogP contribution in [-0.4, -0.2) is 12.1 Å². The molecule has 0 spiro atoms. The summed E-state index contributed by atoms with van der Waals surface area (Å²) in [4.78, 5) is 0. The number of hydrogen-bond acceptors (Lipinski definition) is 1. The van der Waals surface area contributed by atoms with Gasteiger partial charge in [-0.05, 0) is 31.6 Å². The number of rotatable bonds is 7. The van der Waals surface area contributed by atoms with E-state index in [1.807, 2.05) is 0 Å². The van der Waals surface area contributed by atoms with Crippen LogP contribution in [0.1, 0.15) is 79.1 Å². The van der Waals surface area contributed by atoms with E-state index in [0.29, 0.717) is 11.5 Å². The van der Waals surface area contributed by atoms with Crippen LogP contribution in [0.2, 0.25) is 0 Å². The predicted octanol–water partition coefficient (Wildman–Crippen LogP) is 4.51. The molecule has 0 aromatic rings. The van der Waals surface area contributed by atoms with Gasteiger partial charge < -0.3 is 5.32 Å². The van der Waals surface area contributed by atoms with E-state index in [-0.39, 0.29) is 0 Å². The Morgan fingerprint density at radius 1 is 1.25 bits per heavy atom. The predicted molar refractivity (Wildman–Crippen MR) is 72.8 cm³/mol. The van der Waals surface area contributed by atoms with Crippen molar-refractivity contribution in [1.29, 1.82) is 0 Å². The van der Waals surface area contributed by atoms with Crippen LogP contribution in [0.4, 0.5) is 0 Å². The quantitative estimate of drug-likeness (QED) is 0.628. The van der Waals surface area contributed by atoms with Gasteiger partial charge in [0.2, 0.25) is 0 Å². The van der Waals surface area contributed by atoms with Crippen molar-refractivity contribution < 1.29 is 0 Å². The average molecular weight is 225 g/mol. The van der Waals surface area contributed by atoms with Gasteiger partial charge in [-0.3, -0.25) is 0 Å². The summed E-state index contributed by atoms with van der Waals surface area (Å²) in [5.41, 5.74) is 0.525. The Bertz CT molecular complexity index is 186. The SMILES string of the molecule is CCCCCCC(C)NC1CCCC1(C)C. The van der Waals surface area contributed by atoms with Crippen molar-refractivity contribution in [3.05, 3.63) is 0 Å². The van der Waals surface area contributed by atoms with Crippen LogP contribution >= 0.6 is 0 Å². The van der Waals surface area contributed by atoms with E-state index in [9.17, 15) is 0 Å². The highest BCUT2D eigenvalue weighted by Gasteiger charge is 2.34. The molecule has 0 aliphatic heterocycles. The van der Waals surface area contributed by atoms with Gasteiger partial charge in [0.15, 0.2) is 0 Å². The molecule has 1 fully saturated rings. The minimum Gasteiger partial charge on any atom is -0.311 e. The summed E-state index contributed by atoms with van der Waals surface area (Å²) in [7, 11) is 0. The van der Waals surface area contributed by atoms with Gasteiger partial charge in [-0.2, -0.15) is 0 Å². The summed E-state index contributed by atoms with van der Waals surface area (Å²) in [5.74, 6) is 0. The first kappa shape index (κ1) is 14.0. The van der Waals surface area contributed by atoms with Gasteiger partial charge in [-0.25, -0.2) is 0 Å². The van der Waals surface area contributed by atoms with E-state index in [1.54, 1.807) is 0 Å². The van der Waals surface area contributed by atoms with Crippen LogP contribution in [0.5, 0.6) is 0 Å². The van der Waals surface area contributed by atoms with Gasteiger partial charge in [0.1, 0.15) is 0 Å². The third kappa shape index (κ3) is 4.45. The lowest BCUT2D eigenvalue weighted by Crippen LogP contribution is -2.42. The van der Waals surface area contributed by atoms with Crippen LogP contribution in [0.3, 0.4) is 0 Å². The van der Waals surface area contributed by atoms with E-state index in [2.05, 4.69) is 33.0 Å². The minimum atomic E-state index is 0.525. The van der Waals surface area contributed by atoms with Crippen LogP contribution in [0.25, 0.3) is 0 Å². The molecule has 1 saturated carbocycles. The molecule has 1 aliphatic rings. The smallest absolute Gasteiger partial charge is 0.0121 e. The van der Waals surface area contributed by atoms with Gasteiger partial charge in [0.05, 0.1) is 0 Å². The molecule has 0 aromatic carbocycles. The standard InChI is InChI=1S/C15H31N/c1-5-6-7-8-10-13(2)16-14-11-9-12-15(14,3)4/h13-14,16H,5-12H2,1-4H3. The van der Waals surface area contributed by atoms with Crippen molar-refractivity contribution in [3.63, 3.8) is 0 Å². The molecular formula is C15H31N. The van der Waals surface area contributed by atoms with E-state index in [4.69, 9.17) is 0 Å². The van der Waals surface area contributed by atoms with Crippen molar-refractivity contribution in [1.82, 2.24) is 5.32 Å². The van der Waals surface area contributed by atoms with Gasteiger partial charge >= 0.3 is 0 Å². The third-order valence-electron chi connectivity index (χ3n) is 4.23. The van der Waals surface area contributed by atoms with Crippen LogP contribution in [0.15, 0.2) is 0 Å². The highest BCUT2D eigenvalue weighted by Crippen LogP contribution is 2.37. The maximum Gasteiger partial charge on any atom is 0.0121 e. The molecule has 1 N–H and O–H groups in total. The second kappa shape index (κ2) is 6.64. The number of nitrogens with one attached hydrogen (secondary N) is 1. The molecular weight excluding hydrogens is 194 g/mol. The molecule has 0 radical (unpaired) electrons. The minimum absolute atomic E-state index is 0.525. The lowest BCUT2D eigenvalue weighted by atomic mass is 9.87. The lowest BCUT2D eigenvalue weighted by molar-refractivity contribution is 0.260. The molecule has 0 heterocycles. The van der Waals surface area contributed by atoms with Crippen LogP contribution < -0.4 is 5.32 Å². The van der Waals surface area contributed by atoms with Crippen molar-refractivity contribution in [3.8, 4) is 0 Å². The summed E-state index contributed by atoms with van der Waals surface area (Å²) in [6.45, 7) is 9.48. The third-order valence-corrected chi connectivity index (χ3v) is 4.23. The number of unbranched alkanes of at least 4 members (excludes halogenated alkanes) is 3. The first-order valence-corrected chi connectivity index (χ1v) is 7.32. The second-order valence-corrected chi connectivity index (χ2v) is 6.35. The molecule has 0 saturated heterocycles.